The summed E-state index contributed by atoms with van der Waals surface area (Å²) in [5.74, 6) is 1.91. The molecule has 3 rings (SSSR count). The van der Waals surface area contributed by atoms with Crippen LogP contribution in [0.5, 0.6) is 0 Å². The van der Waals surface area contributed by atoms with Crippen molar-refractivity contribution in [1.82, 2.24) is 0 Å². The van der Waals surface area contributed by atoms with Gasteiger partial charge in [0.25, 0.3) is 0 Å². The fourth-order valence-corrected chi connectivity index (χ4v) is 3.32. The van der Waals surface area contributed by atoms with E-state index in [-0.39, 0.29) is 0 Å². The molecule has 2 aliphatic rings. The molecule has 0 N–H and O–H groups in total. The van der Waals surface area contributed by atoms with E-state index in [1.807, 2.05) is 0 Å². The molecular weight excluding hydrogens is 354 g/mol. The molecule has 1 aromatic carbocycles. The van der Waals surface area contributed by atoms with Crippen LogP contribution in [0.1, 0.15) is 31.2 Å². The van der Waals surface area contributed by atoms with Crippen molar-refractivity contribution in [3.8, 4) is 0 Å². The summed E-state index contributed by atoms with van der Waals surface area (Å²) in [5, 5.41) is 0.938. The molecule has 0 aliphatic heterocycles. The summed E-state index contributed by atoms with van der Waals surface area (Å²) in [6.45, 7) is 2.52. The minimum Gasteiger partial charge on any atom is -0.371 e. The maximum atomic E-state index is 3.63. The highest BCUT2D eigenvalue weighted by Crippen LogP contribution is 2.37. The molecule has 0 unspecified atom stereocenters. The molecule has 1 aromatic rings. The van der Waals surface area contributed by atoms with Crippen molar-refractivity contribution in [2.75, 3.05) is 18.0 Å². The minimum absolute atomic E-state index is 0.938. The van der Waals surface area contributed by atoms with Crippen molar-refractivity contribution in [1.29, 1.82) is 0 Å². The quantitative estimate of drug-likeness (QED) is 0.637. The number of rotatable bonds is 6. The number of hydrogen-bond acceptors (Lipinski definition) is 1. The van der Waals surface area contributed by atoms with Crippen molar-refractivity contribution in [3.05, 3.63) is 28.2 Å². The predicted octanol–water partition coefficient (Wildman–Crippen LogP) is 4.97. The maximum Gasteiger partial charge on any atom is 0.0408 e. The monoisotopic (exact) mass is 371 g/mol. The molecule has 0 spiro atoms. The van der Waals surface area contributed by atoms with E-state index in [1.165, 1.54) is 54.5 Å². The molecule has 0 atom stereocenters. The average Bonchev–Trinajstić information content (AvgIpc) is 3.23. The highest BCUT2D eigenvalue weighted by molar-refractivity contribution is 9.10. The van der Waals surface area contributed by atoms with Gasteiger partial charge in [-0.15, -0.1) is 0 Å². The fourth-order valence-electron chi connectivity index (χ4n) is 2.47. The molecule has 3 heteroatoms. The van der Waals surface area contributed by atoms with Gasteiger partial charge in [-0.25, -0.2) is 0 Å². The van der Waals surface area contributed by atoms with Gasteiger partial charge in [0.1, 0.15) is 0 Å². The molecule has 0 amide bonds. The van der Waals surface area contributed by atoms with Crippen molar-refractivity contribution < 1.29 is 0 Å². The van der Waals surface area contributed by atoms with Crippen molar-refractivity contribution >= 4 is 37.5 Å². The SMILES string of the molecule is BrCc1cc(Br)ccc1N(CC1CC1)CC1CC1. The summed E-state index contributed by atoms with van der Waals surface area (Å²) in [7, 11) is 0. The van der Waals surface area contributed by atoms with Crippen LogP contribution in [-0.4, -0.2) is 13.1 Å². The highest BCUT2D eigenvalue weighted by atomic mass is 79.9. The standard InChI is InChI=1S/C15H19Br2N/c16-8-13-7-14(17)5-6-15(13)18(9-11-1-2-11)10-12-3-4-12/h5-7,11-12H,1-4,8-10H2. The Bertz CT molecular complexity index is 411. The Labute approximate surface area is 126 Å². The van der Waals surface area contributed by atoms with Crippen LogP contribution in [0.15, 0.2) is 22.7 Å². The van der Waals surface area contributed by atoms with Gasteiger partial charge >= 0.3 is 0 Å². The van der Waals surface area contributed by atoms with E-state index in [1.54, 1.807) is 0 Å². The van der Waals surface area contributed by atoms with Crippen LogP contribution < -0.4 is 4.90 Å². The molecule has 98 valence electrons. The van der Waals surface area contributed by atoms with Gasteiger partial charge in [-0.2, -0.15) is 0 Å². The van der Waals surface area contributed by atoms with Crippen molar-refractivity contribution in [2.24, 2.45) is 11.8 Å². The van der Waals surface area contributed by atoms with Crippen LogP contribution in [-0.2, 0) is 5.33 Å². The topological polar surface area (TPSA) is 3.24 Å². The number of halogens is 2. The number of nitrogens with zero attached hydrogens (tertiary/aromatic N) is 1. The van der Waals surface area contributed by atoms with E-state index >= 15 is 0 Å². The molecule has 2 saturated carbocycles. The molecule has 0 saturated heterocycles. The van der Waals surface area contributed by atoms with E-state index in [0.29, 0.717) is 0 Å². The smallest absolute Gasteiger partial charge is 0.0408 e. The summed E-state index contributed by atoms with van der Waals surface area (Å²) < 4.78 is 1.18. The lowest BCUT2D eigenvalue weighted by Gasteiger charge is -2.27. The van der Waals surface area contributed by atoms with E-state index in [4.69, 9.17) is 0 Å². The number of hydrogen-bond donors (Lipinski definition) is 0. The Kier molecular flexibility index (Phi) is 4.00. The summed E-state index contributed by atoms with van der Waals surface area (Å²) in [6.07, 6.45) is 5.73. The second-order valence-corrected chi connectivity index (χ2v) is 7.17. The molecule has 1 nitrogen and oxygen atoms in total. The van der Waals surface area contributed by atoms with Gasteiger partial charge in [-0.05, 0) is 61.3 Å². The predicted molar refractivity (Wildman–Crippen MR) is 84.4 cm³/mol. The lowest BCUT2D eigenvalue weighted by atomic mass is 10.1. The maximum absolute atomic E-state index is 3.63. The van der Waals surface area contributed by atoms with Crippen LogP contribution in [0, 0.1) is 11.8 Å². The second kappa shape index (κ2) is 5.54. The second-order valence-electron chi connectivity index (χ2n) is 5.70. The molecule has 2 aliphatic carbocycles. The van der Waals surface area contributed by atoms with Gasteiger partial charge in [0.2, 0.25) is 0 Å². The first kappa shape index (κ1) is 13.0. The van der Waals surface area contributed by atoms with Crippen LogP contribution in [0.2, 0.25) is 0 Å². The first-order valence-corrected chi connectivity index (χ1v) is 8.77. The fraction of sp³-hybridized carbons (Fsp3) is 0.600. The number of benzene rings is 1. The molecule has 18 heavy (non-hydrogen) atoms. The van der Waals surface area contributed by atoms with Gasteiger partial charge in [-0.3, -0.25) is 0 Å². The third-order valence-electron chi connectivity index (χ3n) is 3.88. The normalized spacial score (nSPS) is 19.0. The Morgan fingerprint density at radius 3 is 2.17 bits per heavy atom. The molecule has 0 aromatic heterocycles. The van der Waals surface area contributed by atoms with Gasteiger partial charge in [0.15, 0.2) is 0 Å². The van der Waals surface area contributed by atoms with Crippen LogP contribution >= 0.6 is 31.9 Å². The Balaban J connectivity index is 1.81. The lowest BCUT2D eigenvalue weighted by Crippen LogP contribution is -2.28. The van der Waals surface area contributed by atoms with E-state index in [2.05, 4.69) is 55.0 Å². The minimum atomic E-state index is 0.938. The zero-order valence-electron chi connectivity index (χ0n) is 10.5. The Morgan fingerprint density at radius 1 is 1.06 bits per heavy atom. The van der Waals surface area contributed by atoms with Gasteiger partial charge in [0.05, 0.1) is 0 Å². The van der Waals surface area contributed by atoms with Crippen LogP contribution in [0.3, 0.4) is 0 Å². The zero-order valence-corrected chi connectivity index (χ0v) is 13.7. The Hall–Kier alpha value is -0.0200. The number of anilines is 1. The third kappa shape index (κ3) is 3.30. The molecular formula is C15H19Br2N. The first-order valence-electron chi connectivity index (χ1n) is 6.85. The Morgan fingerprint density at radius 2 is 1.67 bits per heavy atom. The van der Waals surface area contributed by atoms with E-state index in [9.17, 15) is 0 Å². The van der Waals surface area contributed by atoms with Crippen molar-refractivity contribution in [2.45, 2.75) is 31.0 Å². The average molecular weight is 373 g/mol. The molecule has 2 fully saturated rings. The van der Waals surface area contributed by atoms with Crippen LogP contribution in [0.4, 0.5) is 5.69 Å². The van der Waals surface area contributed by atoms with Crippen LogP contribution in [0.25, 0.3) is 0 Å². The van der Waals surface area contributed by atoms with Gasteiger partial charge in [0, 0.05) is 28.6 Å². The summed E-state index contributed by atoms with van der Waals surface area (Å²) >= 11 is 7.20. The van der Waals surface area contributed by atoms with E-state index in [0.717, 1.165) is 17.2 Å². The summed E-state index contributed by atoms with van der Waals surface area (Å²) in [6, 6.07) is 6.70. The van der Waals surface area contributed by atoms with Gasteiger partial charge < -0.3 is 4.90 Å². The zero-order chi connectivity index (χ0) is 12.5. The summed E-state index contributed by atoms with van der Waals surface area (Å²) in [5.41, 5.74) is 2.85. The highest BCUT2D eigenvalue weighted by Gasteiger charge is 2.30. The van der Waals surface area contributed by atoms with Gasteiger partial charge in [-0.1, -0.05) is 31.9 Å². The largest absolute Gasteiger partial charge is 0.371 e. The molecule has 0 heterocycles. The first-order chi connectivity index (χ1) is 8.76. The molecule has 0 radical (unpaired) electrons. The molecule has 0 bridgehead atoms. The lowest BCUT2D eigenvalue weighted by molar-refractivity contribution is 0.678. The van der Waals surface area contributed by atoms with E-state index < -0.39 is 0 Å². The number of alkyl halides is 1. The van der Waals surface area contributed by atoms with Crippen molar-refractivity contribution in [3.63, 3.8) is 0 Å². The third-order valence-corrected chi connectivity index (χ3v) is 4.97. The summed E-state index contributed by atoms with van der Waals surface area (Å²) in [4.78, 5) is 2.64.